The van der Waals surface area contributed by atoms with E-state index in [1.165, 1.54) is 12.1 Å². The highest BCUT2D eigenvalue weighted by atomic mass is 19.1. The highest BCUT2D eigenvalue weighted by molar-refractivity contribution is 5.95. The summed E-state index contributed by atoms with van der Waals surface area (Å²) in [5.74, 6) is -0.578. The van der Waals surface area contributed by atoms with E-state index in [1.54, 1.807) is 57.2 Å². The number of anilines is 1. The van der Waals surface area contributed by atoms with Gasteiger partial charge in [0.25, 0.3) is 5.91 Å². The third-order valence-corrected chi connectivity index (χ3v) is 3.51. The van der Waals surface area contributed by atoms with Crippen LogP contribution in [0.25, 0.3) is 0 Å². The zero-order valence-corrected chi connectivity index (χ0v) is 15.3. The fourth-order valence-corrected chi connectivity index (χ4v) is 2.24. The van der Waals surface area contributed by atoms with Crippen LogP contribution in [-0.2, 0) is 4.74 Å². The quantitative estimate of drug-likeness (QED) is 0.835. The SMILES string of the molecule is C[C@H](NC(=O)c1ccc(NC(=O)OC(C)(C)C)cc1)c1ccc(F)cc1. The van der Waals surface area contributed by atoms with Crippen molar-refractivity contribution in [3.8, 4) is 0 Å². The number of amides is 2. The van der Waals surface area contributed by atoms with Crippen LogP contribution >= 0.6 is 0 Å². The van der Waals surface area contributed by atoms with Gasteiger partial charge in [-0.1, -0.05) is 12.1 Å². The minimum atomic E-state index is -0.583. The highest BCUT2D eigenvalue weighted by Crippen LogP contribution is 2.16. The molecule has 0 aliphatic heterocycles. The van der Waals surface area contributed by atoms with Gasteiger partial charge < -0.3 is 10.1 Å². The Balaban J connectivity index is 1.95. The van der Waals surface area contributed by atoms with Crippen LogP contribution in [0.4, 0.5) is 14.9 Å². The average molecular weight is 358 g/mol. The highest BCUT2D eigenvalue weighted by Gasteiger charge is 2.16. The third kappa shape index (κ3) is 5.88. The molecule has 2 rings (SSSR count). The van der Waals surface area contributed by atoms with Gasteiger partial charge in [0.05, 0.1) is 6.04 Å². The van der Waals surface area contributed by atoms with E-state index in [4.69, 9.17) is 4.74 Å². The van der Waals surface area contributed by atoms with Crippen LogP contribution in [-0.4, -0.2) is 17.6 Å². The summed E-state index contributed by atoms with van der Waals surface area (Å²) in [7, 11) is 0. The molecule has 0 aliphatic carbocycles. The maximum atomic E-state index is 13.0. The Kier molecular flexibility index (Phi) is 5.97. The molecule has 0 heterocycles. The van der Waals surface area contributed by atoms with E-state index in [-0.39, 0.29) is 17.8 Å². The molecule has 138 valence electrons. The van der Waals surface area contributed by atoms with E-state index in [9.17, 15) is 14.0 Å². The molecule has 2 aromatic carbocycles. The summed E-state index contributed by atoms with van der Waals surface area (Å²) in [6, 6.07) is 12.2. The van der Waals surface area contributed by atoms with Gasteiger partial charge in [0, 0.05) is 11.3 Å². The number of rotatable bonds is 4. The Morgan fingerprint density at radius 1 is 1.00 bits per heavy atom. The molecular formula is C20H23FN2O3. The fraction of sp³-hybridized carbons (Fsp3) is 0.300. The number of carbonyl (C=O) groups excluding carboxylic acids is 2. The van der Waals surface area contributed by atoms with Crippen molar-refractivity contribution < 1.29 is 18.7 Å². The van der Waals surface area contributed by atoms with E-state index in [0.717, 1.165) is 5.56 Å². The molecule has 0 bridgehead atoms. The molecule has 0 aromatic heterocycles. The van der Waals surface area contributed by atoms with Crippen LogP contribution in [0.1, 0.15) is 49.7 Å². The smallest absolute Gasteiger partial charge is 0.412 e. The number of hydrogen-bond acceptors (Lipinski definition) is 3. The molecule has 0 spiro atoms. The fourth-order valence-electron chi connectivity index (χ4n) is 2.24. The summed E-state index contributed by atoms with van der Waals surface area (Å²) in [5.41, 5.74) is 1.21. The van der Waals surface area contributed by atoms with Gasteiger partial charge in [-0.15, -0.1) is 0 Å². The Morgan fingerprint density at radius 3 is 2.12 bits per heavy atom. The Hall–Kier alpha value is -2.89. The molecular weight excluding hydrogens is 335 g/mol. The predicted molar refractivity (Wildman–Crippen MR) is 98.6 cm³/mol. The van der Waals surface area contributed by atoms with Crippen LogP contribution < -0.4 is 10.6 Å². The summed E-state index contributed by atoms with van der Waals surface area (Å²) < 4.78 is 18.1. The second kappa shape index (κ2) is 7.99. The Bertz CT molecular complexity index is 765. The first-order valence-electron chi connectivity index (χ1n) is 8.30. The molecule has 2 amide bonds. The predicted octanol–water partition coefficient (Wildman–Crippen LogP) is 4.66. The minimum absolute atomic E-state index is 0.259. The van der Waals surface area contributed by atoms with Crippen LogP contribution in [0.3, 0.4) is 0 Å². The first-order chi connectivity index (χ1) is 12.1. The van der Waals surface area contributed by atoms with Gasteiger partial charge in [0.1, 0.15) is 11.4 Å². The number of benzene rings is 2. The van der Waals surface area contributed by atoms with Gasteiger partial charge in [-0.25, -0.2) is 9.18 Å². The minimum Gasteiger partial charge on any atom is -0.444 e. The van der Waals surface area contributed by atoms with Crippen LogP contribution in [0.15, 0.2) is 48.5 Å². The van der Waals surface area contributed by atoms with Gasteiger partial charge in [0.15, 0.2) is 0 Å². The van der Waals surface area contributed by atoms with E-state index in [1.807, 2.05) is 6.92 Å². The number of ether oxygens (including phenoxy) is 1. The van der Waals surface area contributed by atoms with Gasteiger partial charge in [-0.2, -0.15) is 0 Å². The monoisotopic (exact) mass is 358 g/mol. The lowest BCUT2D eigenvalue weighted by Crippen LogP contribution is -2.27. The summed E-state index contributed by atoms with van der Waals surface area (Å²) in [6.45, 7) is 7.16. The zero-order chi connectivity index (χ0) is 19.3. The summed E-state index contributed by atoms with van der Waals surface area (Å²) >= 11 is 0. The van der Waals surface area contributed by atoms with Crippen molar-refractivity contribution in [3.05, 3.63) is 65.5 Å². The molecule has 1 atom stereocenters. The maximum absolute atomic E-state index is 13.0. The second-order valence-corrected chi connectivity index (χ2v) is 6.95. The summed E-state index contributed by atoms with van der Waals surface area (Å²) in [6.07, 6.45) is -0.556. The molecule has 0 fully saturated rings. The van der Waals surface area contributed by atoms with Crippen molar-refractivity contribution in [1.82, 2.24) is 5.32 Å². The Morgan fingerprint density at radius 2 is 1.58 bits per heavy atom. The Labute approximate surface area is 152 Å². The molecule has 6 heteroatoms. The lowest BCUT2D eigenvalue weighted by Gasteiger charge is -2.19. The number of hydrogen-bond donors (Lipinski definition) is 2. The van der Waals surface area contributed by atoms with Gasteiger partial charge in [0.2, 0.25) is 0 Å². The summed E-state index contributed by atoms with van der Waals surface area (Å²) in [5, 5.41) is 5.46. The van der Waals surface area contributed by atoms with Gasteiger partial charge in [-0.05, 0) is 69.7 Å². The molecule has 0 saturated heterocycles. The molecule has 0 radical (unpaired) electrons. The van der Waals surface area contributed by atoms with Crippen LogP contribution in [0, 0.1) is 5.82 Å². The standard InChI is InChI=1S/C20H23FN2O3/c1-13(14-5-9-16(21)10-6-14)22-18(24)15-7-11-17(12-8-15)23-19(25)26-20(2,3)4/h5-13H,1-4H3,(H,22,24)(H,23,25)/t13-/m0/s1. The van der Waals surface area contributed by atoms with Crippen molar-refractivity contribution in [2.24, 2.45) is 0 Å². The van der Waals surface area contributed by atoms with Crippen molar-refractivity contribution >= 4 is 17.7 Å². The molecule has 2 aromatic rings. The number of nitrogens with one attached hydrogen (secondary N) is 2. The zero-order valence-electron chi connectivity index (χ0n) is 15.3. The topological polar surface area (TPSA) is 67.4 Å². The van der Waals surface area contributed by atoms with Crippen molar-refractivity contribution in [2.75, 3.05) is 5.32 Å². The lowest BCUT2D eigenvalue weighted by molar-refractivity contribution is 0.0635. The van der Waals surface area contributed by atoms with Crippen molar-refractivity contribution in [2.45, 2.75) is 39.3 Å². The molecule has 0 saturated carbocycles. The second-order valence-electron chi connectivity index (χ2n) is 6.95. The number of halogens is 1. The largest absolute Gasteiger partial charge is 0.444 e. The molecule has 26 heavy (non-hydrogen) atoms. The molecule has 2 N–H and O–H groups in total. The van der Waals surface area contributed by atoms with E-state index < -0.39 is 11.7 Å². The van der Waals surface area contributed by atoms with Crippen molar-refractivity contribution in [3.63, 3.8) is 0 Å². The van der Waals surface area contributed by atoms with Gasteiger partial charge in [-0.3, -0.25) is 10.1 Å². The van der Waals surface area contributed by atoms with E-state index in [2.05, 4.69) is 10.6 Å². The van der Waals surface area contributed by atoms with E-state index in [0.29, 0.717) is 11.3 Å². The van der Waals surface area contributed by atoms with E-state index >= 15 is 0 Å². The van der Waals surface area contributed by atoms with Crippen molar-refractivity contribution in [1.29, 1.82) is 0 Å². The normalized spacial score (nSPS) is 12.2. The molecule has 5 nitrogen and oxygen atoms in total. The third-order valence-electron chi connectivity index (χ3n) is 3.51. The van der Waals surface area contributed by atoms with Crippen LogP contribution in [0.5, 0.6) is 0 Å². The first kappa shape index (κ1) is 19.4. The molecule has 0 unspecified atom stereocenters. The molecule has 0 aliphatic rings. The van der Waals surface area contributed by atoms with Crippen LogP contribution in [0.2, 0.25) is 0 Å². The average Bonchev–Trinajstić information content (AvgIpc) is 2.54. The first-order valence-corrected chi connectivity index (χ1v) is 8.30. The lowest BCUT2D eigenvalue weighted by atomic mass is 10.1. The summed E-state index contributed by atoms with van der Waals surface area (Å²) in [4.78, 5) is 24.1. The van der Waals surface area contributed by atoms with Gasteiger partial charge >= 0.3 is 6.09 Å². The maximum Gasteiger partial charge on any atom is 0.412 e. The number of carbonyl (C=O) groups is 2.